The Morgan fingerprint density at radius 2 is 2.00 bits per heavy atom. The molecule has 0 radical (unpaired) electrons. The summed E-state index contributed by atoms with van der Waals surface area (Å²) in [4.78, 5) is 38.8. The molecule has 0 bridgehead atoms. The number of nitrogens with one attached hydrogen (secondary N) is 1. The monoisotopic (exact) mass is 502 g/mol. The van der Waals surface area contributed by atoms with E-state index in [1.807, 2.05) is 0 Å². The Hall–Kier alpha value is -3.28. The van der Waals surface area contributed by atoms with Crippen molar-refractivity contribution >= 4 is 57.1 Å². The zero-order valence-electron chi connectivity index (χ0n) is 16.5. The number of amides is 4. The van der Waals surface area contributed by atoms with Gasteiger partial charge < -0.3 is 9.47 Å². The number of urea groups is 1. The van der Waals surface area contributed by atoms with Crippen molar-refractivity contribution in [3.63, 3.8) is 0 Å². The van der Waals surface area contributed by atoms with Gasteiger partial charge in [-0.15, -0.1) is 6.42 Å². The van der Waals surface area contributed by atoms with Crippen LogP contribution in [0.15, 0.2) is 40.4 Å². The standard InChI is InChI=1S/C22H16BrClN2O5/c1-4-7-31-19-16(23)9-13(10-18(19)30-3)8-15-20(27)25-22(29)26(21(15)28)17-11-14(24)6-5-12(17)2/h1,5-6,8-11H,7H2,2-3H3,(H,25,27,29)/b15-8+. The maximum absolute atomic E-state index is 13.1. The Labute approximate surface area is 192 Å². The second kappa shape index (κ2) is 9.25. The number of anilines is 1. The van der Waals surface area contributed by atoms with E-state index in [1.54, 1.807) is 31.2 Å². The number of methoxy groups -OCH3 is 1. The molecule has 0 spiro atoms. The van der Waals surface area contributed by atoms with Crippen LogP contribution < -0.4 is 19.7 Å². The number of imide groups is 2. The van der Waals surface area contributed by atoms with E-state index in [4.69, 9.17) is 27.5 Å². The number of rotatable bonds is 5. The van der Waals surface area contributed by atoms with Crippen LogP contribution in [-0.2, 0) is 9.59 Å². The lowest BCUT2D eigenvalue weighted by Gasteiger charge is -2.27. The van der Waals surface area contributed by atoms with Crippen LogP contribution in [0, 0.1) is 19.3 Å². The molecule has 9 heteroatoms. The van der Waals surface area contributed by atoms with Crippen molar-refractivity contribution in [2.24, 2.45) is 0 Å². The number of barbiturate groups is 1. The lowest BCUT2D eigenvalue weighted by Crippen LogP contribution is -2.54. The van der Waals surface area contributed by atoms with Crippen LogP contribution >= 0.6 is 27.5 Å². The Bertz CT molecular complexity index is 1170. The average molecular weight is 504 g/mol. The van der Waals surface area contributed by atoms with Gasteiger partial charge >= 0.3 is 6.03 Å². The molecule has 3 rings (SSSR count). The first-order valence-corrected chi connectivity index (χ1v) is 10.0. The highest BCUT2D eigenvalue weighted by atomic mass is 79.9. The van der Waals surface area contributed by atoms with Gasteiger partial charge in [0, 0.05) is 5.02 Å². The Kier molecular flexibility index (Phi) is 6.68. The van der Waals surface area contributed by atoms with Gasteiger partial charge in [0.1, 0.15) is 12.2 Å². The van der Waals surface area contributed by atoms with Crippen molar-refractivity contribution in [3.8, 4) is 23.8 Å². The van der Waals surface area contributed by atoms with Gasteiger partial charge in [-0.3, -0.25) is 14.9 Å². The van der Waals surface area contributed by atoms with Crippen molar-refractivity contribution in [2.45, 2.75) is 6.92 Å². The normalized spacial score (nSPS) is 15.0. The van der Waals surface area contributed by atoms with Crippen molar-refractivity contribution < 1.29 is 23.9 Å². The largest absolute Gasteiger partial charge is 0.493 e. The SMILES string of the molecule is C#CCOc1c(Br)cc(/C=C2\C(=O)NC(=O)N(c3cc(Cl)ccc3C)C2=O)cc1OC. The first-order valence-electron chi connectivity index (χ1n) is 8.88. The van der Waals surface area contributed by atoms with E-state index in [1.165, 1.54) is 19.3 Å². The summed E-state index contributed by atoms with van der Waals surface area (Å²) in [6, 6.07) is 7.16. The summed E-state index contributed by atoms with van der Waals surface area (Å²) >= 11 is 9.41. The first kappa shape index (κ1) is 22.4. The number of terminal acetylenes is 1. The Morgan fingerprint density at radius 3 is 2.68 bits per heavy atom. The average Bonchev–Trinajstić information content (AvgIpc) is 2.72. The van der Waals surface area contributed by atoms with E-state index < -0.39 is 17.8 Å². The van der Waals surface area contributed by atoms with E-state index in [2.05, 4.69) is 27.2 Å². The van der Waals surface area contributed by atoms with Gasteiger partial charge in [0.2, 0.25) is 0 Å². The number of aryl methyl sites for hydroxylation is 1. The summed E-state index contributed by atoms with van der Waals surface area (Å²) in [5.74, 6) is 1.51. The summed E-state index contributed by atoms with van der Waals surface area (Å²) in [6.07, 6.45) is 6.59. The highest BCUT2D eigenvalue weighted by Crippen LogP contribution is 2.37. The molecular weight excluding hydrogens is 488 g/mol. The number of ether oxygens (including phenoxy) is 2. The fraction of sp³-hybridized carbons (Fsp3) is 0.136. The summed E-state index contributed by atoms with van der Waals surface area (Å²) in [5, 5.41) is 2.53. The van der Waals surface area contributed by atoms with Gasteiger partial charge in [-0.2, -0.15) is 0 Å². The van der Waals surface area contributed by atoms with Crippen LogP contribution in [0.5, 0.6) is 11.5 Å². The van der Waals surface area contributed by atoms with Crippen LogP contribution in [-0.4, -0.2) is 31.6 Å². The maximum Gasteiger partial charge on any atom is 0.335 e. The summed E-state index contributed by atoms with van der Waals surface area (Å²) in [6.45, 7) is 1.76. The number of hydrogen-bond donors (Lipinski definition) is 1. The maximum atomic E-state index is 13.1. The van der Waals surface area contributed by atoms with Gasteiger partial charge in [0.25, 0.3) is 11.8 Å². The summed E-state index contributed by atoms with van der Waals surface area (Å²) in [5.41, 5.74) is 1.16. The lowest BCUT2D eigenvalue weighted by molar-refractivity contribution is -0.122. The third kappa shape index (κ3) is 4.58. The molecule has 1 N–H and O–H groups in total. The summed E-state index contributed by atoms with van der Waals surface area (Å²) in [7, 11) is 1.45. The minimum absolute atomic E-state index is 0.0341. The fourth-order valence-electron chi connectivity index (χ4n) is 2.94. The molecule has 2 aromatic rings. The number of nitrogens with zero attached hydrogens (tertiary/aromatic N) is 1. The molecule has 0 aliphatic carbocycles. The molecule has 0 atom stereocenters. The van der Waals surface area contributed by atoms with Gasteiger partial charge in [-0.05, 0) is 64.3 Å². The van der Waals surface area contributed by atoms with Crippen LogP contribution in [0.3, 0.4) is 0 Å². The fourth-order valence-corrected chi connectivity index (χ4v) is 3.68. The van der Waals surface area contributed by atoms with Gasteiger partial charge in [-0.25, -0.2) is 9.69 Å². The molecule has 0 unspecified atom stereocenters. The Balaban J connectivity index is 2.05. The highest BCUT2D eigenvalue weighted by Gasteiger charge is 2.37. The molecule has 7 nitrogen and oxygen atoms in total. The van der Waals surface area contributed by atoms with E-state index in [-0.39, 0.29) is 17.9 Å². The molecule has 0 saturated carbocycles. The second-order valence-electron chi connectivity index (χ2n) is 6.42. The highest BCUT2D eigenvalue weighted by molar-refractivity contribution is 9.10. The third-order valence-electron chi connectivity index (χ3n) is 4.38. The summed E-state index contributed by atoms with van der Waals surface area (Å²) < 4.78 is 11.3. The number of halogens is 2. The van der Waals surface area contributed by atoms with Crippen molar-refractivity contribution in [1.82, 2.24) is 5.32 Å². The lowest BCUT2D eigenvalue weighted by atomic mass is 10.1. The molecule has 4 amide bonds. The molecule has 0 aromatic heterocycles. The number of carbonyl (C=O) groups excluding carboxylic acids is 3. The number of carbonyl (C=O) groups is 3. The quantitative estimate of drug-likeness (QED) is 0.377. The van der Waals surface area contributed by atoms with Crippen molar-refractivity contribution in [3.05, 3.63) is 56.5 Å². The topological polar surface area (TPSA) is 84.9 Å². The Morgan fingerprint density at radius 1 is 1.26 bits per heavy atom. The minimum atomic E-state index is -0.852. The van der Waals surface area contributed by atoms with Gasteiger partial charge in [0.15, 0.2) is 11.5 Å². The van der Waals surface area contributed by atoms with Crippen molar-refractivity contribution in [2.75, 3.05) is 18.6 Å². The molecule has 1 fully saturated rings. The minimum Gasteiger partial charge on any atom is -0.493 e. The van der Waals surface area contributed by atoms with E-state index in [0.717, 1.165) is 4.90 Å². The molecule has 31 heavy (non-hydrogen) atoms. The number of benzene rings is 2. The smallest absolute Gasteiger partial charge is 0.335 e. The van der Waals surface area contributed by atoms with Gasteiger partial charge in [-0.1, -0.05) is 23.6 Å². The van der Waals surface area contributed by atoms with E-state index >= 15 is 0 Å². The van der Waals surface area contributed by atoms with Crippen LogP contribution in [0.2, 0.25) is 5.02 Å². The zero-order chi connectivity index (χ0) is 22.7. The van der Waals surface area contributed by atoms with E-state index in [0.29, 0.717) is 32.1 Å². The predicted octanol–water partition coefficient (Wildman–Crippen LogP) is 4.10. The zero-order valence-corrected chi connectivity index (χ0v) is 18.8. The molecule has 158 valence electrons. The molecular formula is C22H16BrClN2O5. The van der Waals surface area contributed by atoms with E-state index in [9.17, 15) is 14.4 Å². The predicted molar refractivity (Wildman–Crippen MR) is 120 cm³/mol. The molecule has 1 heterocycles. The van der Waals surface area contributed by atoms with Crippen molar-refractivity contribution in [1.29, 1.82) is 0 Å². The third-order valence-corrected chi connectivity index (χ3v) is 5.20. The van der Waals surface area contributed by atoms with Crippen LogP contribution in [0.1, 0.15) is 11.1 Å². The first-order chi connectivity index (χ1) is 14.8. The molecule has 1 saturated heterocycles. The molecule has 1 aliphatic rings. The van der Waals surface area contributed by atoms with Gasteiger partial charge in [0.05, 0.1) is 17.3 Å². The van der Waals surface area contributed by atoms with Crippen LogP contribution in [0.25, 0.3) is 6.08 Å². The second-order valence-corrected chi connectivity index (χ2v) is 7.71. The molecule has 1 aliphatic heterocycles. The molecule has 2 aromatic carbocycles. The van der Waals surface area contributed by atoms with Crippen LogP contribution in [0.4, 0.5) is 10.5 Å². The number of hydrogen-bond acceptors (Lipinski definition) is 5.